The van der Waals surface area contributed by atoms with Gasteiger partial charge in [0.2, 0.25) is 5.91 Å². The van der Waals surface area contributed by atoms with Gasteiger partial charge >= 0.3 is 0 Å². The van der Waals surface area contributed by atoms with Gasteiger partial charge in [-0.15, -0.1) is 5.10 Å². The van der Waals surface area contributed by atoms with Crippen molar-refractivity contribution in [3.63, 3.8) is 0 Å². The first-order chi connectivity index (χ1) is 13.9. The van der Waals surface area contributed by atoms with Gasteiger partial charge in [-0.1, -0.05) is 61.5 Å². The Morgan fingerprint density at radius 3 is 2.38 bits per heavy atom. The first-order valence-corrected chi connectivity index (χ1v) is 9.29. The SMILES string of the molecule is CC(C)C[C@@H](C(=O)N[C@H](C(=O)[O-])c1ccccc1)n1nnc2ccccc2c1=O. The van der Waals surface area contributed by atoms with Crippen molar-refractivity contribution in [2.24, 2.45) is 5.92 Å². The first-order valence-electron chi connectivity index (χ1n) is 9.29. The quantitative estimate of drug-likeness (QED) is 0.640. The molecular formula is C21H21N4O4-. The number of nitrogens with one attached hydrogen (secondary N) is 1. The maximum atomic E-state index is 13.0. The van der Waals surface area contributed by atoms with Gasteiger partial charge in [0.1, 0.15) is 11.6 Å². The van der Waals surface area contributed by atoms with Crippen LogP contribution in [0.4, 0.5) is 0 Å². The lowest BCUT2D eigenvalue weighted by molar-refractivity contribution is -0.308. The molecule has 150 valence electrons. The molecule has 1 aromatic heterocycles. The second-order valence-corrected chi connectivity index (χ2v) is 7.17. The fourth-order valence-electron chi connectivity index (χ4n) is 3.13. The van der Waals surface area contributed by atoms with Gasteiger partial charge in [0, 0.05) is 0 Å². The summed E-state index contributed by atoms with van der Waals surface area (Å²) in [6.45, 7) is 3.79. The topological polar surface area (TPSA) is 117 Å². The summed E-state index contributed by atoms with van der Waals surface area (Å²) < 4.78 is 1.02. The number of benzene rings is 2. The maximum absolute atomic E-state index is 13.0. The van der Waals surface area contributed by atoms with Crippen LogP contribution >= 0.6 is 0 Å². The van der Waals surface area contributed by atoms with E-state index in [-0.39, 0.29) is 12.3 Å². The number of hydrogen-bond acceptors (Lipinski definition) is 6. The van der Waals surface area contributed by atoms with Crippen LogP contribution in [0.2, 0.25) is 0 Å². The highest BCUT2D eigenvalue weighted by Crippen LogP contribution is 2.19. The summed E-state index contributed by atoms with van der Waals surface area (Å²) in [6.07, 6.45) is 0.285. The Balaban J connectivity index is 1.98. The second-order valence-electron chi connectivity index (χ2n) is 7.17. The van der Waals surface area contributed by atoms with Crippen LogP contribution in [-0.4, -0.2) is 26.9 Å². The van der Waals surface area contributed by atoms with Crippen molar-refractivity contribution in [2.45, 2.75) is 32.4 Å². The molecule has 0 saturated heterocycles. The minimum Gasteiger partial charge on any atom is -0.548 e. The number of carboxylic acids is 1. The zero-order valence-corrected chi connectivity index (χ0v) is 16.1. The van der Waals surface area contributed by atoms with Gasteiger partial charge < -0.3 is 15.2 Å². The molecular weight excluding hydrogens is 372 g/mol. The molecule has 0 bridgehead atoms. The molecule has 2 aromatic carbocycles. The standard InChI is InChI=1S/C21H22N4O4/c1-13(2)12-17(25-20(27)15-10-6-7-11-16(15)23-24-25)19(26)22-18(21(28)29)14-8-4-3-5-9-14/h3-11,13,17-18H,12H2,1-2H3,(H,22,26)(H,28,29)/p-1/t17-,18-/m0/s1. The number of carbonyl (C=O) groups excluding carboxylic acids is 2. The number of nitrogens with zero attached hydrogens (tertiary/aromatic N) is 3. The third kappa shape index (κ3) is 4.48. The van der Waals surface area contributed by atoms with Crippen molar-refractivity contribution < 1.29 is 14.7 Å². The van der Waals surface area contributed by atoms with Gasteiger partial charge in [-0.3, -0.25) is 9.59 Å². The van der Waals surface area contributed by atoms with Crippen LogP contribution in [0.5, 0.6) is 0 Å². The molecule has 0 fully saturated rings. The molecule has 1 heterocycles. The number of hydrogen-bond donors (Lipinski definition) is 1. The Morgan fingerprint density at radius 2 is 1.72 bits per heavy atom. The zero-order valence-electron chi connectivity index (χ0n) is 16.1. The van der Waals surface area contributed by atoms with Crippen molar-refractivity contribution in [1.82, 2.24) is 20.3 Å². The van der Waals surface area contributed by atoms with E-state index in [4.69, 9.17) is 0 Å². The molecule has 8 heteroatoms. The van der Waals surface area contributed by atoms with Crippen molar-refractivity contribution >= 4 is 22.8 Å². The van der Waals surface area contributed by atoms with Crippen LogP contribution in [0.1, 0.15) is 37.9 Å². The monoisotopic (exact) mass is 393 g/mol. The molecule has 0 radical (unpaired) electrons. The molecule has 29 heavy (non-hydrogen) atoms. The van der Waals surface area contributed by atoms with Crippen molar-refractivity contribution in [3.8, 4) is 0 Å². The molecule has 1 amide bonds. The molecule has 0 aliphatic carbocycles. The summed E-state index contributed by atoms with van der Waals surface area (Å²) >= 11 is 0. The third-order valence-corrected chi connectivity index (χ3v) is 4.54. The third-order valence-electron chi connectivity index (χ3n) is 4.54. The lowest BCUT2D eigenvalue weighted by Crippen LogP contribution is -2.46. The predicted octanol–water partition coefficient (Wildman–Crippen LogP) is 0.986. The Kier molecular flexibility index (Phi) is 6.01. The molecule has 3 rings (SSSR count). The molecule has 1 N–H and O–H groups in total. The van der Waals surface area contributed by atoms with Crippen LogP contribution < -0.4 is 16.0 Å². The van der Waals surface area contributed by atoms with Crippen molar-refractivity contribution in [3.05, 3.63) is 70.5 Å². The van der Waals surface area contributed by atoms with E-state index >= 15 is 0 Å². The van der Waals surface area contributed by atoms with Gasteiger partial charge in [0.15, 0.2) is 0 Å². The van der Waals surface area contributed by atoms with Gasteiger partial charge in [-0.2, -0.15) is 4.68 Å². The van der Waals surface area contributed by atoms with Crippen LogP contribution in [0, 0.1) is 5.92 Å². The number of aliphatic carboxylic acids is 1. The number of amides is 1. The Morgan fingerprint density at radius 1 is 1.07 bits per heavy atom. The molecule has 0 saturated carbocycles. The van der Waals surface area contributed by atoms with E-state index in [1.54, 1.807) is 54.6 Å². The van der Waals surface area contributed by atoms with Gasteiger partial charge in [-0.25, -0.2) is 0 Å². The summed E-state index contributed by atoms with van der Waals surface area (Å²) in [7, 11) is 0. The summed E-state index contributed by atoms with van der Waals surface area (Å²) in [5.74, 6) is -2.03. The number of carboxylic acid groups (broad SMARTS) is 1. The van der Waals surface area contributed by atoms with Crippen LogP contribution in [0.25, 0.3) is 10.9 Å². The van der Waals surface area contributed by atoms with E-state index in [1.165, 1.54) is 0 Å². The van der Waals surface area contributed by atoms with Gasteiger partial charge in [-0.05, 0) is 30.0 Å². The smallest absolute Gasteiger partial charge is 0.278 e. The number of carbonyl (C=O) groups is 2. The Bertz CT molecular complexity index is 1080. The molecule has 0 unspecified atom stereocenters. The molecule has 8 nitrogen and oxygen atoms in total. The van der Waals surface area contributed by atoms with E-state index in [9.17, 15) is 19.5 Å². The lowest BCUT2D eigenvalue weighted by Gasteiger charge is -2.25. The van der Waals surface area contributed by atoms with Crippen LogP contribution in [-0.2, 0) is 9.59 Å². The Hall–Kier alpha value is -3.55. The van der Waals surface area contributed by atoms with Gasteiger partial charge in [0.05, 0.1) is 17.4 Å². The number of fused-ring (bicyclic) bond motifs is 1. The van der Waals surface area contributed by atoms with Crippen molar-refractivity contribution in [2.75, 3.05) is 0 Å². The molecule has 0 aliphatic rings. The lowest BCUT2D eigenvalue weighted by atomic mass is 10.0. The summed E-state index contributed by atoms with van der Waals surface area (Å²) in [5.41, 5.74) is 0.344. The summed E-state index contributed by atoms with van der Waals surface area (Å²) in [5, 5.41) is 22.4. The van der Waals surface area contributed by atoms with E-state index in [0.29, 0.717) is 16.5 Å². The van der Waals surface area contributed by atoms with Crippen molar-refractivity contribution in [1.29, 1.82) is 0 Å². The highest BCUT2D eigenvalue weighted by Gasteiger charge is 2.28. The average Bonchev–Trinajstić information content (AvgIpc) is 2.71. The van der Waals surface area contributed by atoms with E-state index < -0.39 is 29.5 Å². The minimum absolute atomic E-state index is 0.0454. The number of aromatic nitrogens is 3. The molecule has 0 spiro atoms. The van der Waals surface area contributed by atoms with E-state index in [1.807, 2.05) is 13.8 Å². The normalized spacial score (nSPS) is 13.2. The largest absolute Gasteiger partial charge is 0.548 e. The summed E-state index contributed by atoms with van der Waals surface area (Å²) in [4.78, 5) is 37.6. The van der Waals surface area contributed by atoms with Gasteiger partial charge in [0.25, 0.3) is 5.56 Å². The van der Waals surface area contributed by atoms with Crippen LogP contribution in [0.3, 0.4) is 0 Å². The zero-order chi connectivity index (χ0) is 21.0. The maximum Gasteiger partial charge on any atom is 0.278 e. The fourth-order valence-corrected chi connectivity index (χ4v) is 3.13. The molecule has 2 atom stereocenters. The second kappa shape index (κ2) is 8.64. The first kappa shape index (κ1) is 20.2. The highest BCUT2D eigenvalue weighted by atomic mass is 16.4. The average molecular weight is 393 g/mol. The number of rotatable bonds is 7. The molecule has 3 aromatic rings. The fraction of sp³-hybridized carbons (Fsp3) is 0.286. The van der Waals surface area contributed by atoms with E-state index in [2.05, 4.69) is 15.6 Å². The van der Waals surface area contributed by atoms with E-state index in [0.717, 1.165) is 4.68 Å². The summed E-state index contributed by atoms with van der Waals surface area (Å²) in [6, 6.07) is 12.6. The Labute approximate surface area is 167 Å². The predicted molar refractivity (Wildman–Crippen MR) is 105 cm³/mol. The molecule has 0 aliphatic heterocycles. The highest BCUT2D eigenvalue weighted by molar-refractivity contribution is 5.86. The minimum atomic E-state index is -1.44. The van der Waals surface area contributed by atoms with Crippen LogP contribution in [0.15, 0.2) is 59.4 Å².